The highest BCUT2D eigenvalue weighted by Crippen LogP contribution is 2.43. The molecule has 2 aliphatic rings. The minimum atomic E-state index is -1.04. The van der Waals surface area contributed by atoms with Crippen LogP contribution in [0.15, 0.2) is 52.8 Å². The van der Waals surface area contributed by atoms with E-state index >= 15 is 0 Å². The van der Waals surface area contributed by atoms with Crippen molar-refractivity contribution in [2.24, 2.45) is 5.92 Å². The second-order valence-electron chi connectivity index (χ2n) is 7.31. The van der Waals surface area contributed by atoms with Gasteiger partial charge in [-0.1, -0.05) is 5.73 Å². The van der Waals surface area contributed by atoms with E-state index in [4.69, 9.17) is 0 Å². The summed E-state index contributed by atoms with van der Waals surface area (Å²) in [5.41, 5.74) is 6.59. The molecule has 0 unspecified atom stereocenters. The van der Waals surface area contributed by atoms with E-state index in [0.29, 0.717) is 23.4 Å². The SMILES string of the molecule is CC1=C=C(C2CC2)N(Cc2cc(=O)[nH]c3c(F)c(F)ccc23)c2ncccc21. The molecule has 140 valence electrons. The molecule has 1 aromatic carbocycles. The quantitative estimate of drug-likeness (QED) is 0.683. The van der Waals surface area contributed by atoms with Gasteiger partial charge in [0.15, 0.2) is 11.6 Å². The van der Waals surface area contributed by atoms with Gasteiger partial charge in [0.1, 0.15) is 5.82 Å². The predicted molar refractivity (Wildman–Crippen MR) is 104 cm³/mol. The molecular weight excluding hydrogens is 360 g/mol. The normalized spacial score (nSPS) is 16.0. The molecule has 3 heterocycles. The van der Waals surface area contributed by atoms with Crippen molar-refractivity contribution in [2.75, 3.05) is 4.90 Å². The van der Waals surface area contributed by atoms with E-state index in [0.717, 1.165) is 41.6 Å². The van der Waals surface area contributed by atoms with Crippen LogP contribution in [0.2, 0.25) is 0 Å². The molecule has 0 amide bonds. The Labute approximate surface area is 159 Å². The third-order valence-corrected chi connectivity index (χ3v) is 5.34. The number of benzene rings is 1. The van der Waals surface area contributed by atoms with Gasteiger partial charge in [-0.2, -0.15) is 0 Å². The van der Waals surface area contributed by atoms with Crippen LogP contribution in [0.4, 0.5) is 14.6 Å². The lowest BCUT2D eigenvalue weighted by Gasteiger charge is -2.30. The van der Waals surface area contributed by atoms with Crippen LogP contribution >= 0.6 is 0 Å². The number of hydrogen-bond acceptors (Lipinski definition) is 3. The lowest BCUT2D eigenvalue weighted by Crippen LogP contribution is -2.27. The lowest BCUT2D eigenvalue weighted by atomic mass is 10.0. The van der Waals surface area contributed by atoms with Gasteiger partial charge in [0.25, 0.3) is 0 Å². The average Bonchev–Trinajstić information content (AvgIpc) is 3.52. The molecule has 0 saturated heterocycles. The third kappa shape index (κ3) is 2.65. The van der Waals surface area contributed by atoms with Crippen molar-refractivity contribution in [3.63, 3.8) is 0 Å². The van der Waals surface area contributed by atoms with Gasteiger partial charge in [-0.15, -0.1) is 0 Å². The van der Waals surface area contributed by atoms with Crippen molar-refractivity contribution in [1.82, 2.24) is 9.97 Å². The van der Waals surface area contributed by atoms with Crippen LogP contribution in [0.5, 0.6) is 0 Å². The number of aromatic nitrogens is 2. The monoisotopic (exact) mass is 377 g/mol. The molecule has 2 aromatic heterocycles. The molecule has 3 aromatic rings. The Kier molecular flexibility index (Phi) is 3.71. The first kappa shape index (κ1) is 16.9. The fraction of sp³-hybridized carbons (Fsp3) is 0.227. The predicted octanol–water partition coefficient (Wildman–Crippen LogP) is 4.52. The number of rotatable bonds is 3. The number of allylic oxidation sites excluding steroid dienone is 1. The molecule has 0 spiro atoms. The Morgan fingerprint density at radius 1 is 1.29 bits per heavy atom. The van der Waals surface area contributed by atoms with Crippen LogP contribution < -0.4 is 10.5 Å². The van der Waals surface area contributed by atoms with Gasteiger partial charge in [0, 0.05) is 34.7 Å². The highest BCUT2D eigenvalue weighted by atomic mass is 19.2. The van der Waals surface area contributed by atoms with Gasteiger partial charge in [0.2, 0.25) is 5.56 Å². The number of fused-ring (bicyclic) bond motifs is 2. The van der Waals surface area contributed by atoms with Gasteiger partial charge in [0.05, 0.1) is 17.8 Å². The van der Waals surface area contributed by atoms with Crippen molar-refractivity contribution < 1.29 is 8.78 Å². The van der Waals surface area contributed by atoms with Gasteiger partial charge in [-0.25, -0.2) is 13.8 Å². The van der Waals surface area contributed by atoms with Crippen LogP contribution in [-0.4, -0.2) is 9.97 Å². The highest BCUT2D eigenvalue weighted by molar-refractivity contribution is 5.84. The summed E-state index contributed by atoms with van der Waals surface area (Å²) in [5, 5.41) is 0.484. The molecule has 1 fully saturated rings. The first-order valence-electron chi connectivity index (χ1n) is 9.23. The smallest absolute Gasteiger partial charge is 0.248 e. The van der Waals surface area contributed by atoms with Gasteiger partial charge in [-0.3, -0.25) is 4.79 Å². The summed E-state index contributed by atoms with van der Waals surface area (Å²) in [4.78, 5) is 21.2. The molecule has 1 aliphatic carbocycles. The molecule has 1 aliphatic heterocycles. The molecule has 4 nitrogen and oxygen atoms in total. The zero-order chi connectivity index (χ0) is 19.4. The molecule has 5 rings (SSSR count). The maximum Gasteiger partial charge on any atom is 0.248 e. The summed E-state index contributed by atoms with van der Waals surface area (Å²) in [6.45, 7) is 2.35. The van der Waals surface area contributed by atoms with E-state index in [1.165, 1.54) is 12.1 Å². The minimum absolute atomic E-state index is 0.107. The first-order chi connectivity index (χ1) is 13.5. The summed E-state index contributed by atoms with van der Waals surface area (Å²) >= 11 is 0. The van der Waals surface area contributed by atoms with E-state index in [1.54, 1.807) is 6.20 Å². The number of H-pyrrole nitrogens is 1. The second-order valence-corrected chi connectivity index (χ2v) is 7.31. The summed E-state index contributed by atoms with van der Waals surface area (Å²) in [6.07, 6.45) is 3.91. The number of nitrogens with zero attached hydrogens (tertiary/aromatic N) is 2. The molecule has 1 N–H and O–H groups in total. The number of anilines is 1. The fourth-order valence-electron chi connectivity index (χ4n) is 3.82. The summed E-state index contributed by atoms with van der Waals surface area (Å²) in [7, 11) is 0. The Morgan fingerprint density at radius 3 is 2.89 bits per heavy atom. The Hall–Kier alpha value is -3.24. The van der Waals surface area contributed by atoms with Gasteiger partial charge in [-0.05, 0) is 49.6 Å². The zero-order valence-electron chi connectivity index (χ0n) is 15.2. The molecule has 1 saturated carbocycles. The summed E-state index contributed by atoms with van der Waals surface area (Å²) in [5.74, 6) is -0.811. The van der Waals surface area contributed by atoms with E-state index in [2.05, 4.69) is 20.6 Å². The number of aromatic amines is 1. The van der Waals surface area contributed by atoms with Crippen LogP contribution in [0.3, 0.4) is 0 Å². The van der Waals surface area contributed by atoms with E-state index in [9.17, 15) is 13.6 Å². The molecule has 0 atom stereocenters. The molecule has 28 heavy (non-hydrogen) atoms. The standard InChI is InChI=1S/C22H17F2N3O/c1-12-9-18(13-4-5-13)27(22-15(12)3-2-8-25-22)11-14-10-19(28)26-21-16(14)6-7-17(23)20(21)24/h2-3,6-8,10,13H,4-5,11H2,1H3,(H,26,28). The van der Waals surface area contributed by atoms with Crippen LogP contribution in [-0.2, 0) is 6.54 Å². The van der Waals surface area contributed by atoms with Crippen LogP contribution in [0.25, 0.3) is 16.5 Å². The lowest BCUT2D eigenvalue weighted by molar-refractivity contribution is 0.515. The van der Waals surface area contributed by atoms with Crippen molar-refractivity contribution >= 4 is 22.3 Å². The van der Waals surface area contributed by atoms with Gasteiger partial charge < -0.3 is 9.88 Å². The molecular formula is C22H17F2N3O. The van der Waals surface area contributed by atoms with E-state index in [-0.39, 0.29) is 5.52 Å². The van der Waals surface area contributed by atoms with Crippen LogP contribution in [0, 0.1) is 17.6 Å². The van der Waals surface area contributed by atoms with Crippen LogP contribution in [0.1, 0.15) is 30.9 Å². The third-order valence-electron chi connectivity index (χ3n) is 5.34. The molecule has 0 radical (unpaired) electrons. The first-order valence-corrected chi connectivity index (χ1v) is 9.23. The maximum atomic E-state index is 14.2. The second kappa shape index (κ2) is 6.14. The number of pyridine rings is 2. The maximum absolute atomic E-state index is 14.2. The average molecular weight is 377 g/mol. The molecule has 0 bridgehead atoms. The summed E-state index contributed by atoms with van der Waals surface area (Å²) in [6, 6.07) is 7.91. The van der Waals surface area contributed by atoms with Crippen molar-refractivity contribution in [3.8, 4) is 0 Å². The van der Waals surface area contributed by atoms with E-state index < -0.39 is 17.2 Å². The van der Waals surface area contributed by atoms with Gasteiger partial charge >= 0.3 is 0 Å². The van der Waals surface area contributed by atoms with Crippen molar-refractivity contribution in [2.45, 2.75) is 26.3 Å². The number of halogens is 2. The number of hydrogen-bond donors (Lipinski definition) is 1. The summed E-state index contributed by atoms with van der Waals surface area (Å²) < 4.78 is 27.9. The van der Waals surface area contributed by atoms with Crippen molar-refractivity contribution in [3.05, 3.63) is 81.1 Å². The molecule has 6 heteroatoms. The Balaban J connectivity index is 1.69. The minimum Gasteiger partial charge on any atom is -0.319 e. The van der Waals surface area contributed by atoms with Crippen molar-refractivity contribution in [1.29, 1.82) is 0 Å². The van der Waals surface area contributed by atoms with E-state index in [1.807, 2.05) is 19.1 Å². The Morgan fingerprint density at radius 2 is 2.11 bits per heavy atom. The topological polar surface area (TPSA) is 49.0 Å². The zero-order valence-corrected chi connectivity index (χ0v) is 15.2. The largest absolute Gasteiger partial charge is 0.319 e. The number of nitrogens with one attached hydrogen (secondary N) is 1. The fourth-order valence-corrected chi connectivity index (χ4v) is 3.82. The highest BCUT2D eigenvalue weighted by Gasteiger charge is 2.34. The Bertz CT molecular complexity index is 1250.